The molecule has 3 aromatic rings. The first kappa shape index (κ1) is 30.5. The highest BCUT2D eigenvalue weighted by Gasteiger charge is 2.33. The van der Waals surface area contributed by atoms with Crippen molar-refractivity contribution in [1.82, 2.24) is 25.9 Å². The van der Waals surface area contributed by atoms with Gasteiger partial charge in [-0.2, -0.15) is 0 Å². The second kappa shape index (κ2) is 14.5. The van der Waals surface area contributed by atoms with Gasteiger partial charge in [-0.25, -0.2) is 4.98 Å². The summed E-state index contributed by atoms with van der Waals surface area (Å²) in [5.41, 5.74) is 0.983. The SMILES string of the molecule is CC1CCCCC1.COc1cccc2[nH]c(C(=O)NCC(=O)NC(CC3CCNC3=O)C(=O)c3nc(Cl)cs3)cc12. The highest BCUT2D eigenvalue weighted by atomic mass is 35.5. The molecule has 2 fully saturated rings. The van der Waals surface area contributed by atoms with E-state index in [1.54, 1.807) is 25.3 Å². The predicted molar refractivity (Wildman–Crippen MR) is 159 cm³/mol. The Balaban J connectivity index is 0.000000483. The molecular formula is C29H36ClN5O5S. The number of carbonyl (C=O) groups is 4. The van der Waals surface area contributed by atoms with Crippen LogP contribution in [0.3, 0.4) is 0 Å². The minimum atomic E-state index is -0.974. The van der Waals surface area contributed by atoms with Gasteiger partial charge in [0.15, 0.2) is 5.01 Å². The predicted octanol–water partition coefficient (Wildman–Crippen LogP) is 4.50. The maximum atomic E-state index is 12.9. The number of hydrogen-bond donors (Lipinski definition) is 4. The van der Waals surface area contributed by atoms with Crippen molar-refractivity contribution in [3.63, 3.8) is 0 Å². The Hall–Kier alpha value is -3.44. The topological polar surface area (TPSA) is 142 Å². The van der Waals surface area contributed by atoms with E-state index in [9.17, 15) is 19.2 Å². The van der Waals surface area contributed by atoms with Crippen LogP contribution in [-0.2, 0) is 9.59 Å². The number of rotatable bonds is 9. The van der Waals surface area contributed by atoms with Crippen LogP contribution in [0, 0.1) is 11.8 Å². The minimum absolute atomic E-state index is 0.128. The molecule has 0 spiro atoms. The molecule has 10 nitrogen and oxygen atoms in total. The summed E-state index contributed by atoms with van der Waals surface area (Å²) in [5, 5.41) is 10.5. The van der Waals surface area contributed by atoms with Crippen molar-refractivity contribution in [2.24, 2.45) is 11.8 Å². The standard InChI is InChI=1S/C22H22ClN5O5S.C7H14/c1-33-16-4-2-3-13-12(16)8-15(26-13)21(32)25-9-18(29)27-14(7-11-5-6-24-20(11)31)19(30)22-28-17(23)10-34-22;1-7-5-3-2-4-6-7/h2-4,8,10-11,14,26H,5-7,9H2,1H3,(H,24,31)(H,25,32)(H,27,29);7H,2-6H2,1H3. The van der Waals surface area contributed by atoms with Gasteiger partial charge in [0, 0.05) is 28.7 Å². The number of benzene rings is 1. The van der Waals surface area contributed by atoms with E-state index < -0.39 is 29.6 Å². The number of carbonyl (C=O) groups excluding carboxylic acids is 4. The van der Waals surface area contributed by atoms with Crippen LogP contribution in [-0.4, -0.2) is 59.7 Å². The van der Waals surface area contributed by atoms with Crippen molar-refractivity contribution in [3.05, 3.63) is 45.5 Å². The molecule has 1 saturated carbocycles. The lowest BCUT2D eigenvalue weighted by atomic mass is 9.91. The van der Waals surface area contributed by atoms with Gasteiger partial charge in [-0.3, -0.25) is 19.2 Å². The average Bonchev–Trinajstić information content (AvgIpc) is 3.71. The smallest absolute Gasteiger partial charge is 0.268 e. The molecule has 41 heavy (non-hydrogen) atoms. The van der Waals surface area contributed by atoms with Gasteiger partial charge >= 0.3 is 0 Å². The Morgan fingerprint density at radius 2 is 1.98 bits per heavy atom. The molecule has 1 aliphatic heterocycles. The molecule has 0 bridgehead atoms. The number of halogens is 1. The lowest BCUT2D eigenvalue weighted by Crippen LogP contribution is -2.46. The van der Waals surface area contributed by atoms with Gasteiger partial charge in [0.2, 0.25) is 17.6 Å². The lowest BCUT2D eigenvalue weighted by molar-refractivity contribution is -0.124. The van der Waals surface area contributed by atoms with Gasteiger partial charge in [0.1, 0.15) is 16.6 Å². The van der Waals surface area contributed by atoms with E-state index in [4.69, 9.17) is 16.3 Å². The number of hydrogen-bond acceptors (Lipinski definition) is 7. The fourth-order valence-corrected chi connectivity index (χ4v) is 6.08. The minimum Gasteiger partial charge on any atom is -0.496 e. The summed E-state index contributed by atoms with van der Waals surface area (Å²) in [5.74, 6) is -0.398. The van der Waals surface area contributed by atoms with Crippen LogP contribution in [0.2, 0.25) is 5.15 Å². The Kier molecular flexibility index (Phi) is 10.8. The number of amides is 3. The summed E-state index contributed by atoms with van der Waals surface area (Å²) in [6.07, 6.45) is 8.13. The third-order valence-electron chi connectivity index (χ3n) is 7.41. The molecule has 2 unspecified atom stereocenters. The second-order valence-corrected chi connectivity index (χ2v) is 11.7. The molecule has 2 aliphatic rings. The maximum Gasteiger partial charge on any atom is 0.268 e. The molecule has 2 atom stereocenters. The molecule has 220 valence electrons. The van der Waals surface area contributed by atoms with Gasteiger partial charge in [-0.1, -0.05) is 56.7 Å². The van der Waals surface area contributed by atoms with Gasteiger partial charge in [-0.15, -0.1) is 11.3 Å². The molecule has 4 N–H and O–H groups in total. The summed E-state index contributed by atoms with van der Waals surface area (Å²) in [6.45, 7) is 2.52. The van der Waals surface area contributed by atoms with E-state index in [0.29, 0.717) is 18.7 Å². The Morgan fingerprint density at radius 3 is 2.59 bits per heavy atom. The van der Waals surface area contributed by atoms with Gasteiger partial charge in [0.25, 0.3) is 5.91 Å². The fraction of sp³-hybridized carbons (Fsp3) is 0.483. The summed E-state index contributed by atoms with van der Waals surface area (Å²) in [7, 11) is 1.54. The van der Waals surface area contributed by atoms with Crippen molar-refractivity contribution in [1.29, 1.82) is 0 Å². The summed E-state index contributed by atoms with van der Waals surface area (Å²) < 4.78 is 5.30. The van der Waals surface area contributed by atoms with E-state index in [1.807, 2.05) is 6.07 Å². The first-order valence-corrected chi connectivity index (χ1v) is 15.2. The molecule has 5 rings (SSSR count). The van der Waals surface area contributed by atoms with Crippen molar-refractivity contribution >= 4 is 57.3 Å². The zero-order valence-corrected chi connectivity index (χ0v) is 24.8. The van der Waals surface area contributed by atoms with Crippen molar-refractivity contribution < 1.29 is 23.9 Å². The van der Waals surface area contributed by atoms with E-state index in [2.05, 4.69) is 32.8 Å². The van der Waals surface area contributed by atoms with Gasteiger partial charge in [-0.05, 0) is 37.0 Å². The normalized spacial score (nSPS) is 17.7. The molecule has 0 radical (unpaired) electrons. The maximum absolute atomic E-state index is 12.9. The number of nitrogens with one attached hydrogen (secondary N) is 4. The molecular weight excluding hydrogens is 566 g/mol. The Morgan fingerprint density at radius 1 is 1.20 bits per heavy atom. The second-order valence-electron chi connectivity index (χ2n) is 10.5. The number of ketones is 1. The van der Waals surface area contributed by atoms with Crippen LogP contribution in [0.5, 0.6) is 5.75 Å². The molecule has 1 aliphatic carbocycles. The lowest BCUT2D eigenvalue weighted by Gasteiger charge is -2.19. The van der Waals surface area contributed by atoms with Gasteiger partial charge < -0.3 is 25.7 Å². The number of thiazole rings is 1. The number of aromatic amines is 1. The molecule has 2 aromatic heterocycles. The van der Waals surface area contributed by atoms with Crippen LogP contribution < -0.4 is 20.7 Å². The van der Waals surface area contributed by atoms with Crippen LogP contribution >= 0.6 is 22.9 Å². The average molecular weight is 602 g/mol. The number of nitrogens with zero attached hydrogens (tertiary/aromatic N) is 1. The van der Waals surface area contributed by atoms with Crippen LogP contribution in [0.1, 0.15) is 72.2 Å². The number of Topliss-reactive ketones (excluding diaryl/α,β-unsaturated/α-hetero) is 1. The van der Waals surface area contributed by atoms with Gasteiger partial charge in [0.05, 0.1) is 19.7 Å². The molecule has 12 heteroatoms. The van der Waals surface area contributed by atoms with Crippen molar-refractivity contribution in [3.8, 4) is 5.75 Å². The number of ether oxygens (including phenoxy) is 1. The first-order valence-electron chi connectivity index (χ1n) is 13.9. The largest absolute Gasteiger partial charge is 0.496 e. The van der Waals surface area contributed by atoms with E-state index >= 15 is 0 Å². The highest BCUT2D eigenvalue weighted by Crippen LogP contribution is 2.26. The summed E-state index contributed by atoms with van der Waals surface area (Å²) in [6, 6.07) is 6.05. The van der Waals surface area contributed by atoms with E-state index in [-0.39, 0.29) is 34.7 Å². The summed E-state index contributed by atoms with van der Waals surface area (Å²) in [4.78, 5) is 57.1. The zero-order chi connectivity index (χ0) is 29.4. The van der Waals surface area contributed by atoms with Crippen molar-refractivity contribution in [2.45, 2.75) is 57.9 Å². The number of methoxy groups -OCH3 is 1. The van der Waals surface area contributed by atoms with Crippen LogP contribution in [0.15, 0.2) is 29.6 Å². The Bertz CT molecular complexity index is 1380. The van der Waals surface area contributed by atoms with E-state index in [0.717, 1.165) is 28.2 Å². The highest BCUT2D eigenvalue weighted by molar-refractivity contribution is 7.12. The third kappa shape index (κ3) is 8.29. The zero-order valence-electron chi connectivity index (χ0n) is 23.3. The molecule has 1 aromatic carbocycles. The quantitative estimate of drug-likeness (QED) is 0.266. The molecule has 3 heterocycles. The fourth-order valence-electron chi connectivity index (χ4n) is 5.14. The first-order chi connectivity index (χ1) is 19.7. The number of fused-ring (bicyclic) bond motifs is 1. The number of aromatic nitrogens is 2. The summed E-state index contributed by atoms with van der Waals surface area (Å²) >= 11 is 6.90. The molecule has 1 saturated heterocycles. The number of H-pyrrole nitrogens is 1. The molecule has 3 amide bonds. The van der Waals surface area contributed by atoms with Crippen LogP contribution in [0.4, 0.5) is 0 Å². The van der Waals surface area contributed by atoms with E-state index in [1.165, 1.54) is 37.5 Å². The monoisotopic (exact) mass is 601 g/mol. The third-order valence-corrected chi connectivity index (χ3v) is 8.59. The van der Waals surface area contributed by atoms with Crippen LogP contribution in [0.25, 0.3) is 10.9 Å². The Labute approximate surface area is 248 Å². The van der Waals surface area contributed by atoms with Crippen molar-refractivity contribution in [2.75, 3.05) is 20.2 Å².